The number of hydrogen-bond acceptors (Lipinski definition) is 4. The molecule has 0 aliphatic heterocycles. The normalized spacial score (nSPS) is 14.4. The molecule has 2 aromatic rings. The van der Waals surface area contributed by atoms with Crippen molar-refractivity contribution in [1.29, 1.82) is 0 Å². The van der Waals surface area contributed by atoms with Crippen molar-refractivity contribution in [2.75, 3.05) is 0 Å². The molecule has 6 nitrogen and oxygen atoms in total. The lowest BCUT2D eigenvalue weighted by atomic mass is 9.96. The van der Waals surface area contributed by atoms with E-state index in [0.29, 0.717) is 17.7 Å². The third-order valence-corrected chi connectivity index (χ3v) is 5.12. The van der Waals surface area contributed by atoms with Crippen molar-refractivity contribution < 1.29 is 24.5 Å². The molecule has 1 heterocycles. The molecule has 0 spiro atoms. The summed E-state index contributed by atoms with van der Waals surface area (Å²) in [5.41, 5.74) is 2.54. The molecule has 158 valence electrons. The van der Waals surface area contributed by atoms with Crippen LogP contribution in [-0.4, -0.2) is 32.6 Å². The zero-order valence-electron chi connectivity index (χ0n) is 17.8. The first-order chi connectivity index (χ1) is 13.6. The fourth-order valence-electron chi connectivity index (χ4n) is 3.20. The van der Waals surface area contributed by atoms with Crippen LogP contribution in [0.5, 0.6) is 5.75 Å². The van der Waals surface area contributed by atoms with Gasteiger partial charge in [-0.05, 0) is 50.8 Å². The highest BCUT2D eigenvalue weighted by Gasteiger charge is 2.26. The van der Waals surface area contributed by atoms with Gasteiger partial charge < -0.3 is 19.5 Å². The van der Waals surface area contributed by atoms with E-state index in [1.54, 1.807) is 30.8 Å². The molecule has 0 aliphatic carbocycles. The second-order valence-corrected chi connectivity index (χ2v) is 7.92. The minimum absolute atomic E-state index is 0.0239. The van der Waals surface area contributed by atoms with E-state index in [1.807, 2.05) is 45.0 Å². The molecule has 0 aliphatic rings. The number of aliphatic hydroxyl groups is 1. The Morgan fingerprint density at radius 2 is 1.69 bits per heavy atom. The van der Waals surface area contributed by atoms with Crippen molar-refractivity contribution in [2.24, 2.45) is 5.92 Å². The number of hydrogen-bond donors (Lipinski definition) is 2. The maximum Gasteiger partial charge on any atom is 0.303 e. The third-order valence-electron chi connectivity index (χ3n) is 5.12. The number of carboxylic acids is 1. The van der Waals surface area contributed by atoms with Crippen LogP contribution in [0.2, 0.25) is 0 Å². The van der Waals surface area contributed by atoms with Crippen molar-refractivity contribution in [3.63, 3.8) is 0 Å². The Morgan fingerprint density at radius 1 is 1.07 bits per heavy atom. The van der Waals surface area contributed by atoms with Gasteiger partial charge in [0.25, 0.3) is 0 Å². The molecule has 2 rings (SSSR count). The summed E-state index contributed by atoms with van der Waals surface area (Å²) < 4.78 is 7.53. The Balaban J connectivity index is 2.20. The lowest BCUT2D eigenvalue weighted by molar-refractivity contribution is -0.137. The van der Waals surface area contributed by atoms with Crippen LogP contribution >= 0.6 is 0 Å². The number of aliphatic hydroxyl groups excluding tert-OH is 1. The van der Waals surface area contributed by atoms with E-state index in [-0.39, 0.29) is 18.1 Å². The Labute approximate surface area is 172 Å². The molecule has 6 heteroatoms. The van der Waals surface area contributed by atoms with E-state index in [9.17, 15) is 14.7 Å². The number of aromatic nitrogens is 1. The molecular weight excluding hydrogens is 370 g/mol. The van der Waals surface area contributed by atoms with Crippen LogP contribution in [0.1, 0.15) is 63.0 Å². The number of carbonyl (C=O) groups is 2. The number of aliphatic carboxylic acids is 1. The number of carboxylic acid groups (broad SMARTS) is 1. The number of aryl methyl sites for hydroxylation is 2. The van der Waals surface area contributed by atoms with E-state index >= 15 is 0 Å². The van der Waals surface area contributed by atoms with E-state index in [0.717, 1.165) is 11.1 Å². The predicted octanol–water partition coefficient (Wildman–Crippen LogP) is 4.10. The van der Waals surface area contributed by atoms with Crippen LogP contribution < -0.4 is 4.74 Å². The number of nitrogens with zero attached hydrogens (tertiary/aromatic N) is 1. The summed E-state index contributed by atoms with van der Waals surface area (Å²) in [6.45, 7) is 9.28. The highest BCUT2D eigenvalue weighted by molar-refractivity contribution is 5.86. The zero-order chi connectivity index (χ0) is 21.7. The van der Waals surface area contributed by atoms with Crippen molar-refractivity contribution in [2.45, 2.75) is 65.7 Å². The van der Waals surface area contributed by atoms with Gasteiger partial charge in [0.05, 0.1) is 12.1 Å². The monoisotopic (exact) mass is 401 g/mol. The van der Waals surface area contributed by atoms with Gasteiger partial charge in [0.2, 0.25) is 0 Å². The van der Waals surface area contributed by atoms with Gasteiger partial charge >= 0.3 is 5.97 Å². The minimum Gasteiger partial charge on any atom is -0.483 e. The van der Waals surface area contributed by atoms with Gasteiger partial charge in [-0.15, -0.1) is 0 Å². The summed E-state index contributed by atoms with van der Waals surface area (Å²) in [7, 11) is 0. The van der Waals surface area contributed by atoms with Crippen LogP contribution in [0.3, 0.4) is 0 Å². The second kappa shape index (κ2) is 9.74. The van der Waals surface area contributed by atoms with Gasteiger partial charge in [-0.3, -0.25) is 9.59 Å². The highest BCUT2D eigenvalue weighted by Crippen LogP contribution is 2.29. The maximum atomic E-state index is 12.9. The van der Waals surface area contributed by atoms with E-state index in [2.05, 4.69) is 0 Å². The molecule has 0 saturated carbocycles. The summed E-state index contributed by atoms with van der Waals surface area (Å²) in [6, 6.07) is 7.01. The standard InChI is InChI=1S/C23H31NO5/c1-14(2)22(27)20-13-24(12-18(20)8-11-21(25)26)16(4)23(28)17(5)29-19-9-6-15(3)7-10-19/h6-7,9-10,12-14,16-17,22,27H,8,11H2,1-5H3,(H,25,26). The fourth-order valence-corrected chi connectivity index (χ4v) is 3.20. The number of benzene rings is 1. The average Bonchev–Trinajstić information content (AvgIpc) is 3.10. The summed E-state index contributed by atoms with van der Waals surface area (Å²) >= 11 is 0. The molecule has 0 bridgehead atoms. The maximum absolute atomic E-state index is 12.9. The molecular formula is C23H31NO5. The molecule has 2 N–H and O–H groups in total. The molecule has 0 radical (unpaired) electrons. The van der Waals surface area contributed by atoms with Gasteiger partial charge in [0.1, 0.15) is 5.75 Å². The lowest BCUT2D eigenvalue weighted by Gasteiger charge is -2.19. The van der Waals surface area contributed by atoms with Crippen LogP contribution in [0, 0.1) is 12.8 Å². The average molecular weight is 402 g/mol. The van der Waals surface area contributed by atoms with Crippen molar-refractivity contribution in [1.82, 2.24) is 4.57 Å². The molecule has 0 fully saturated rings. The topological polar surface area (TPSA) is 88.8 Å². The first-order valence-corrected chi connectivity index (χ1v) is 9.97. The van der Waals surface area contributed by atoms with E-state index in [1.165, 1.54) is 0 Å². The quantitative estimate of drug-likeness (QED) is 0.626. The van der Waals surface area contributed by atoms with E-state index < -0.39 is 24.2 Å². The van der Waals surface area contributed by atoms with Crippen LogP contribution in [0.4, 0.5) is 0 Å². The number of Topliss-reactive ketones (excluding diaryl/α,β-unsaturated/α-hetero) is 1. The number of ketones is 1. The van der Waals surface area contributed by atoms with Crippen LogP contribution in [-0.2, 0) is 16.0 Å². The smallest absolute Gasteiger partial charge is 0.303 e. The van der Waals surface area contributed by atoms with Gasteiger partial charge in [-0.25, -0.2) is 0 Å². The Kier molecular flexibility index (Phi) is 7.62. The molecule has 1 aromatic heterocycles. The molecule has 3 atom stereocenters. The first-order valence-electron chi connectivity index (χ1n) is 9.97. The number of carbonyl (C=O) groups excluding carboxylic acids is 1. The number of ether oxygens (including phenoxy) is 1. The molecule has 0 amide bonds. The van der Waals surface area contributed by atoms with Crippen molar-refractivity contribution in [3.8, 4) is 5.75 Å². The summed E-state index contributed by atoms with van der Waals surface area (Å²) in [4.78, 5) is 23.9. The molecule has 3 unspecified atom stereocenters. The van der Waals surface area contributed by atoms with Gasteiger partial charge in [-0.1, -0.05) is 31.5 Å². The zero-order valence-corrected chi connectivity index (χ0v) is 17.8. The van der Waals surface area contributed by atoms with Gasteiger partial charge in [0.15, 0.2) is 11.9 Å². The summed E-state index contributed by atoms with van der Waals surface area (Å²) in [5.74, 6) is -0.388. The van der Waals surface area contributed by atoms with Crippen LogP contribution in [0.25, 0.3) is 0 Å². The Hall–Kier alpha value is -2.60. The summed E-state index contributed by atoms with van der Waals surface area (Å²) in [5, 5.41) is 19.5. The van der Waals surface area contributed by atoms with E-state index in [4.69, 9.17) is 9.84 Å². The minimum atomic E-state index is -0.896. The largest absolute Gasteiger partial charge is 0.483 e. The molecule has 0 saturated heterocycles. The van der Waals surface area contributed by atoms with Gasteiger partial charge in [-0.2, -0.15) is 0 Å². The summed E-state index contributed by atoms with van der Waals surface area (Å²) in [6.07, 6.45) is 2.43. The van der Waals surface area contributed by atoms with Crippen molar-refractivity contribution in [3.05, 3.63) is 53.3 Å². The molecule has 1 aromatic carbocycles. The fraction of sp³-hybridized carbons (Fsp3) is 0.478. The second-order valence-electron chi connectivity index (χ2n) is 7.92. The Bertz CT molecular complexity index is 837. The SMILES string of the molecule is Cc1ccc(OC(C)C(=O)C(C)n2cc(CCC(=O)O)c(C(O)C(C)C)c2)cc1. The third kappa shape index (κ3) is 5.94. The predicted molar refractivity (Wildman–Crippen MR) is 111 cm³/mol. The first kappa shape index (κ1) is 22.7. The Morgan fingerprint density at radius 3 is 2.24 bits per heavy atom. The molecule has 29 heavy (non-hydrogen) atoms. The van der Waals surface area contributed by atoms with Gasteiger partial charge in [0, 0.05) is 24.4 Å². The number of rotatable bonds is 10. The lowest BCUT2D eigenvalue weighted by Crippen LogP contribution is -2.30. The highest BCUT2D eigenvalue weighted by atomic mass is 16.5. The van der Waals surface area contributed by atoms with Crippen LogP contribution in [0.15, 0.2) is 36.7 Å². The van der Waals surface area contributed by atoms with Crippen molar-refractivity contribution >= 4 is 11.8 Å².